The van der Waals surface area contributed by atoms with Crippen LogP contribution in [0.1, 0.15) is 48.9 Å². The first-order chi connectivity index (χ1) is 23.5. The Morgan fingerprint density at radius 1 is 0.571 bits per heavy atom. The van der Waals surface area contributed by atoms with Crippen LogP contribution in [0.2, 0.25) is 0 Å². The van der Waals surface area contributed by atoms with E-state index in [1.165, 1.54) is 26.0 Å². The van der Waals surface area contributed by atoms with Crippen molar-refractivity contribution >= 4 is 36.0 Å². The summed E-state index contributed by atoms with van der Waals surface area (Å²) in [6.45, 7) is 10.5. The predicted molar refractivity (Wildman–Crippen MR) is 181 cm³/mol. The molecule has 0 aliphatic rings. The molecule has 0 saturated heterocycles. The lowest BCUT2D eigenvalue weighted by atomic mass is 10.1. The second-order valence-electron chi connectivity index (χ2n) is 10.7. The number of rotatable bonds is 20. The number of carbonyl (C=O) groups excluding carboxylic acids is 4. The zero-order valence-corrected chi connectivity index (χ0v) is 27.8. The van der Waals surface area contributed by atoms with E-state index in [4.69, 9.17) is 23.7 Å². The van der Waals surface area contributed by atoms with Crippen molar-refractivity contribution in [3.8, 4) is 12.1 Å². The molecular weight excluding hydrogens is 628 g/mol. The van der Waals surface area contributed by atoms with Gasteiger partial charge in [0.1, 0.15) is 49.7 Å². The molecule has 11 heteroatoms. The van der Waals surface area contributed by atoms with Crippen molar-refractivity contribution in [1.29, 1.82) is 10.5 Å². The lowest BCUT2D eigenvalue weighted by Gasteiger charge is -2.07. The van der Waals surface area contributed by atoms with Crippen molar-refractivity contribution in [1.82, 2.24) is 0 Å². The topological polar surface area (TPSA) is 162 Å². The van der Waals surface area contributed by atoms with Crippen LogP contribution in [-0.4, -0.2) is 63.5 Å². The number of hydrogen-bond acceptors (Lipinski definition) is 11. The van der Waals surface area contributed by atoms with E-state index in [0.29, 0.717) is 24.3 Å². The molecule has 2 rings (SSSR count). The third-order valence-electron chi connectivity index (χ3n) is 6.57. The van der Waals surface area contributed by atoms with Crippen molar-refractivity contribution in [2.45, 2.75) is 39.5 Å². The summed E-state index contributed by atoms with van der Waals surface area (Å²) in [5.74, 6) is -2.76. The van der Waals surface area contributed by atoms with Crippen LogP contribution in [0.15, 0.2) is 84.0 Å². The highest BCUT2D eigenvalue weighted by molar-refractivity contribution is 5.98. The number of ether oxygens (including phenoxy) is 5. The van der Waals surface area contributed by atoms with E-state index >= 15 is 0 Å². The summed E-state index contributed by atoms with van der Waals surface area (Å²) < 4.78 is 25.5. The molecule has 0 radical (unpaired) electrons. The minimum absolute atomic E-state index is 0.129. The van der Waals surface area contributed by atoms with Gasteiger partial charge in [-0.25, -0.2) is 19.2 Å². The number of nitrogens with zero attached hydrogens (tertiary/aromatic N) is 2. The van der Waals surface area contributed by atoms with E-state index in [1.54, 1.807) is 0 Å². The van der Waals surface area contributed by atoms with Gasteiger partial charge in [0.25, 0.3) is 0 Å². The zero-order valence-electron chi connectivity index (χ0n) is 27.8. The Kier molecular flexibility index (Phi) is 17.6. The highest BCUT2D eigenvalue weighted by Crippen LogP contribution is 2.13. The number of benzene rings is 2. The molecule has 2 aromatic rings. The van der Waals surface area contributed by atoms with Crippen LogP contribution in [-0.2, 0) is 55.7 Å². The van der Waals surface area contributed by atoms with Gasteiger partial charge < -0.3 is 23.7 Å². The smallest absolute Gasteiger partial charge is 0.349 e. The monoisotopic (exact) mass is 668 g/mol. The van der Waals surface area contributed by atoms with Crippen LogP contribution >= 0.6 is 0 Å². The van der Waals surface area contributed by atoms with Crippen molar-refractivity contribution < 1.29 is 42.9 Å². The minimum Gasteiger partial charge on any atom is -0.459 e. The molecule has 0 aliphatic carbocycles. The maximum atomic E-state index is 12.2. The maximum Gasteiger partial charge on any atom is 0.349 e. The molecule has 0 fully saturated rings. The van der Waals surface area contributed by atoms with Gasteiger partial charge in [0.05, 0.1) is 0 Å². The molecule has 11 nitrogen and oxygen atoms in total. The van der Waals surface area contributed by atoms with Crippen LogP contribution in [0.5, 0.6) is 0 Å². The van der Waals surface area contributed by atoms with Gasteiger partial charge in [-0.05, 0) is 73.9 Å². The summed E-state index contributed by atoms with van der Waals surface area (Å²) in [4.78, 5) is 47.1. The summed E-state index contributed by atoms with van der Waals surface area (Å²) >= 11 is 0. The number of esters is 4. The summed E-state index contributed by atoms with van der Waals surface area (Å²) in [6.07, 6.45) is 6.13. The minimum atomic E-state index is -0.799. The van der Waals surface area contributed by atoms with E-state index in [9.17, 15) is 29.7 Å². The largest absolute Gasteiger partial charge is 0.459 e. The first kappa shape index (κ1) is 39.4. The van der Waals surface area contributed by atoms with E-state index < -0.39 is 23.9 Å². The summed E-state index contributed by atoms with van der Waals surface area (Å²) in [7, 11) is 0. The Morgan fingerprint density at radius 2 is 0.898 bits per heavy atom. The van der Waals surface area contributed by atoms with Crippen LogP contribution in [0.4, 0.5) is 0 Å². The molecule has 0 heterocycles. The third kappa shape index (κ3) is 15.6. The van der Waals surface area contributed by atoms with Crippen molar-refractivity contribution in [3.63, 3.8) is 0 Å². The predicted octanol–water partition coefficient (Wildman–Crippen LogP) is 5.41. The number of carbonyl (C=O) groups is 4. The fraction of sp³-hybridized carbons (Fsp3) is 0.316. The van der Waals surface area contributed by atoms with Gasteiger partial charge in [-0.2, -0.15) is 10.5 Å². The Balaban J connectivity index is 1.67. The molecule has 2 aromatic carbocycles. The molecule has 0 atom stereocenters. The summed E-state index contributed by atoms with van der Waals surface area (Å²) in [5, 5.41) is 18.7. The Morgan fingerprint density at radius 3 is 1.20 bits per heavy atom. The van der Waals surface area contributed by atoms with Gasteiger partial charge in [-0.1, -0.05) is 61.7 Å². The number of aryl methyl sites for hydroxylation is 2. The van der Waals surface area contributed by atoms with Gasteiger partial charge >= 0.3 is 23.9 Å². The van der Waals surface area contributed by atoms with Gasteiger partial charge in [0.15, 0.2) is 0 Å². The molecule has 256 valence electrons. The maximum absolute atomic E-state index is 12.2. The summed E-state index contributed by atoms with van der Waals surface area (Å²) in [5.41, 5.74) is 3.68. The molecule has 49 heavy (non-hydrogen) atoms. The fourth-order valence-electron chi connectivity index (χ4n) is 3.97. The van der Waals surface area contributed by atoms with E-state index in [2.05, 4.69) is 13.2 Å². The zero-order chi connectivity index (χ0) is 36.0. The number of nitriles is 2. The van der Waals surface area contributed by atoms with Crippen molar-refractivity contribution in [2.24, 2.45) is 0 Å². The quantitative estimate of drug-likeness (QED) is 0.0583. The highest BCUT2D eigenvalue weighted by atomic mass is 16.6. The van der Waals surface area contributed by atoms with Crippen molar-refractivity contribution in [3.05, 3.63) is 106 Å². The van der Waals surface area contributed by atoms with Gasteiger partial charge in [-0.15, -0.1) is 0 Å². The van der Waals surface area contributed by atoms with E-state index in [-0.39, 0.29) is 48.7 Å². The normalized spacial score (nSPS) is 11.0. The van der Waals surface area contributed by atoms with Crippen LogP contribution in [0.3, 0.4) is 0 Å². The molecule has 0 unspecified atom stereocenters. The van der Waals surface area contributed by atoms with Crippen LogP contribution in [0, 0.1) is 22.7 Å². The molecule has 0 N–H and O–H groups in total. The Hall–Kier alpha value is -5.78. The molecular formula is C38H40N2O9. The second-order valence-corrected chi connectivity index (χ2v) is 10.7. The molecule has 0 bridgehead atoms. The van der Waals surface area contributed by atoms with Crippen LogP contribution in [0.25, 0.3) is 12.2 Å². The lowest BCUT2D eigenvalue weighted by molar-refractivity contribution is -0.147. The first-order valence-electron chi connectivity index (χ1n) is 15.5. The Labute approximate surface area is 286 Å². The van der Waals surface area contributed by atoms with Crippen molar-refractivity contribution in [2.75, 3.05) is 39.6 Å². The standard InChI is InChI=1S/C38H40N2O9/c1-27(2)35(41)46-19-21-48-37(43)33(25-39)23-31-13-9-29(10-14-31)7-5-17-45-18-6-8-30-11-15-32(16-12-30)24-34(26-40)38(44)49-22-20-47-36(42)28(3)4/h9-16,23-24H,1,3,5-8,17-22H2,2,4H3/b33-23+,34-24+. The van der Waals surface area contributed by atoms with Gasteiger partial charge in [0, 0.05) is 24.4 Å². The molecule has 0 aliphatic heterocycles. The average molecular weight is 669 g/mol. The van der Waals surface area contributed by atoms with E-state index in [1.807, 2.05) is 60.7 Å². The Bertz CT molecular complexity index is 1500. The number of hydrogen-bond donors (Lipinski definition) is 0. The summed E-state index contributed by atoms with van der Waals surface area (Å²) in [6, 6.07) is 18.6. The SMILES string of the molecule is C=C(C)C(=O)OCCOC(=O)/C(C#N)=C/c1ccc(CCCOCCCc2ccc(/C=C(\C#N)C(=O)OCCOC(=O)C(=C)C)cc2)cc1. The fourth-order valence-corrected chi connectivity index (χ4v) is 3.97. The molecule has 0 aromatic heterocycles. The van der Waals surface area contributed by atoms with Gasteiger partial charge in [-0.3, -0.25) is 0 Å². The molecule has 0 saturated carbocycles. The highest BCUT2D eigenvalue weighted by Gasteiger charge is 2.13. The first-order valence-corrected chi connectivity index (χ1v) is 15.5. The average Bonchev–Trinajstić information content (AvgIpc) is 3.09. The van der Waals surface area contributed by atoms with E-state index in [0.717, 1.165) is 36.8 Å². The molecule has 0 amide bonds. The lowest BCUT2D eigenvalue weighted by Crippen LogP contribution is -2.15. The second kappa shape index (κ2) is 21.9. The molecule has 0 spiro atoms. The third-order valence-corrected chi connectivity index (χ3v) is 6.57. The van der Waals surface area contributed by atoms with Gasteiger partial charge in [0.2, 0.25) is 0 Å². The van der Waals surface area contributed by atoms with Crippen LogP contribution < -0.4 is 0 Å².